The fourth-order valence-corrected chi connectivity index (χ4v) is 6.18. The number of methoxy groups -OCH3 is 1. The molecule has 1 spiro atoms. The minimum Gasteiger partial charge on any atom is -0.499 e. The molecule has 38 heavy (non-hydrogen) atoms. The van der Waals surface area contributed by atoms with Gasteiger partial charge in [0, 0.05) is 40.2 Å². The van der Waals surface area contributed by atoms with Gasteiger partial charge < -0.3 is 15.2 Å². The maximum Gasteiger partial charge on any atom is 0.280 e. The number of fused-ring (bicyclic) bond motifs is 4. The highest BCUT2D eigenvalue weighted by atomic mass is 35.5. The second kappa shape index (κ2) is 9.76. The summed E-state index contributed by atoms with van der Waals surface area (Å²) in [7, 11) is 1.64. The van der Waals surface area contributed by atoms with Crippen molar-refractivity contribution in [1.82, 2.24) is 14.7 Å². The molecular formula is C28H29Cl2N5O3. The molecule has 0 saturated carbocycles. The van der Waals surface area contributed by atoms with E-state index in [1.54, 1.807) is 41.8 Å². The van der Waals surface area contributed by atoms with Gasteiger partial charge in [0.15, 0.2) is 11.9 Å². The summed E-state index contributed by atoms with van der Waals surface area (Å²) in [6, 6.07) is 5.34. The van der Waals surface area contributed by atoms with Crippen molar-refractivity contribution in [1.29, 1.82) is 0 Å². The first-order chi connectivity index (χ1) is 18.2. The Labute approximate surface area is 231 Å². The summed E-state index contributed by atoms with van der Waals surface area (Å²) < 4.78 is 7.51. The Morgan fingerprint density at radius 3 is 2.87 bits per heavy atom. The lowest BCUT2D eigenvalue weighted by molar-refractivity contribution is 0.0371. The van der Waals surface area contributed by atoms with Gasteiger partial charge in [0.05, 0.1) is 17.8 Å². The second-order valence-electron chi connectivity index (χ2n) is 9.75. The van der Waals surface area contributed by atoms with Crippen LogP contribution in [0.1, 0.15) is 66.8 Å². The number of rotatable bonds is 6. The zero-order chi connectivity index (χ0) is 27.4. The minimum atomic E-state index is -1.32. The van der Waals surface area contributed by atoms with E-state index in [1.807, 2.05) is 26.0 Å². The van der Waals surface area contributed by atoms with Crippen LogP contribution in [0.4, 0.5) is 5.69 Å². The molecule has 2 aromatic rings. The van der Waals surface area contributed by atoms with E-state index in [9.17, 15) is 9.90 Å². The van der Waals surface area contributed by atoms with Gasteiger partial charge in [0.2, 0.25) is 0 Å². The Bertz CT molecular complexity index is 1470. The van der Waals surface area contributed by atoms with Crippen LogP contribution in [0.15, 0.2) is 64.1 Å². The van der Waals surface area contributed by atoms with E-state index in [0.29, 0.717) is 27.5 Å². The zero-order valence-electron chi connectivity index (χ0n) is 21.6. The smallest absolute Gasteiger partial charge is 0.280 e. The number of halogens is 2. The summed E-state index contributed by atoms with van der Waals surface area (Å²) in [6.07, 6.45) is 7.44. The molecule has 1 aromatic carbocycles. The summed E-state index contributed by atoms with van der Waals surface area (Å²) in [5, 5.41) is 20.6. The van der Waals surface area contributed by atoms with Crippen molar-refractivity contribution in [3.05, 3.63) is 86.7 Å². The summed E-state index contributed by atoms with van der Waals surface area (Å²) in [4.78, 5) is 19.6. The van der Waals surface area contributed by atoms with Gasteiger partial charge in [-0.05, 0) is 50.3 Å². The predicted octanol–water partition coefficient (Wildman–Crippen LogP) is 5.95. The summed E-state index contributed by atoms with van der Waals surface area (Å²) >= 11 is 12.7. The lowest BCUT2D eigenvalue weighted by atomic mass is 9.81. The van der Waals surface area contributed by atoms with Crippen molar-refractivity contribution in [2.45, 2.75) is 51.3 Å². The van der Waals surface area contributed by atoms with Crippen molar-refractivity contribution in [2.75, 3.05) is 12.4 Å². The van der Waals surface area contributed by atoms with Crippen LogP contribution in [0.25, 0.3) is 5.70 Å². The number of amides is 1. The van der Waals surface area contributed by atoms with Crippen molar-refractivity contribution in [3.63, 3.8) is 0 Å². The van der Waals surface area contributed by atoms with Gasteiger partial charge in [-0.2, -0.15) is 5.10 Å². The number of anilines is 1. The molecule has 1 aromatic heterocycles. The van der Waals surface area contributed by atoms with Gasteiger partial charge in [-0.3, -0.25) is 14.7 Å². The highest BCUT2D eigenvalue weighted by Crippen LogP contribution is 2.56. The number of benzene rings is 1. The van der Waals surface area contributed by atoms with Gasteiger partial charge in [-0.1, -0.05) is 49.2 Å². The van der Waals surface area contributed by atoms with Crippen LogP contribution in [0.5, 0.6) is 0 Å². The Kier molecular flexibility index (Phi) is 6.75. The largest absolute Gasteiger partial charge is 0.499 e. The topological polar surface area (TPSA) is 92.0 Å². The number of aliphatic imine (C=N–C) groups is 1. The van der Waals surface area contributed by atoms with Crippen LogP contribution in [-0.2, 0) is 10.3 Å². The van der Waals surface area contributed by atoms with E-state index in [1.165, 1.54) is 6.20 Å². The molecule has 2 N–H and O–H groups in total. The number of hydrogen-bond acceptors (Lipinski definition) is 6. The molecule has 10 heteroatoms. The highest BCUT2D eigenvalue weighted by molar-refractivity contribution is 6.31. The van der Waals surface area contributed by atoms with Gasteiger partial charge in [0.25, 0.3) is 5.91 Å². The molecule has 1 unspecified atom stereocenters. The number of nitrogens with one attached hydrogen (secondary N) is 1. The Morgan fingerprint density at radius 1 is 1.42 bits per heavy atom. The van der Waals surface area contributed by atoms with Crippen molar-refractivity contribution in [3.8, 4) is 0 Å². The van der Waals surface area contributed by atoms with Crippen molar-refractivity contribution < 1.29 is 14.6 Å². The number of allylic oxidation sites excluding steroid dienone is 7. The average Bonchev–Trinajstić information content (AvgIpc) is 3.47. The number of aliphatic hydroxyl groups excluding tert-OH is 1. The van der Waals surface area contributed by atoms with Crippen LogP contribution in [0.2, 0.25) is 5.02 Å². The number of carbonyl (C=O) groups excluding carboxylic acids is 1. The van der Waals surface area contributed by atoms with E-state index in [2.05, 4.69) is 23.1 Å². The van der Waals surface area contributed by atoms with E-state index < -0.39 is 11.8 Å². The molecule has 1 amide bonds. The van der Waals surface area contributed by atoms with Gasteiger partial charge in [-0.25, -0.2) is 4.68 Å². The van der Waals surface area contributed by atoms with E-state index in [0.717, 1.165) is 30.0 Å². The monoisotopic (exact) mass is 553 g/mol. The number of nitrogens with zero attached hydrogens (tertiary/aromatic N) is 4. The van der Waals surface area contributed by atoms with Crippen LogP contribution in [0, 0.1) is 0 Å². The average molecular weight is 554 g/mol. The molecule has 1 aliphatic carbocycles. The molecule has 0 radical (unpaired) electrons. The fraction of sp³-hybridized carbons (Fsp3) is 0.321. The molecule has 0 saturated heterocycles. The molecular weight excluding hydrogens is 525 g/mol. The molecule has 3 heterocycles. The van der Waals surface area contributed by atoms with E-state index >= 15 is 0 Å². The number of aliphatic hydroxyl groups is 1. The number of aromatic nitrogens is 2. The standard InChI is InChI=1S/C28H29Cl2N5O3/c1-15(2)25-23-24(33-35(25)21-8-6-7-9-22(21)38-5)26(36)34(16(3)12-18(30)14-31-4)28(23)19-11-10-17(29)13-20(19)32-27(28)37/h6,8,10-15,27,32,37H,4,7,9H2,1-3,5H3/b16-12+,18-14+/t27?,28-/m0/s1. The maximum atomic E-state index is 14.3. The summed E-state index contributed by atoms with van der Waals surface area (Å²) in [5.74, 6) is 0.377. The zero-order valence-corrected chi connectivity index (χ0v) is 23.1. The van der Waals surface area contributed by atoms with Gasteiger partial charge in [-0.15, -0.1) is 0 Å². The molecule has 0 fully saturated rings. The van der Waals surface area contributed by atoms with E-state index in [-0.39, 0.29) is 22.6 Å². The lowest BCUT2D eigenvalue weighted by Gasteiger charge is -2.40. The first-order valence-corrected chi connectivity index (χ1v) is 13.1. The molecule has 198 valence electrons. The van der Waals surface area contributed by atoms with Gasteiger partial charge >= 0.3 is 0 Å². The first-order valence-electron chi connectivity index (χ1n) is 12.3. The molecule has 2 aliphatic heterocycles. The quantitative estimate of drug-likeness (QED) is 0.340. The summed E-state index contributed by atoms with van der Waals surface area (Å²) in [5.41, 5.74) is 3.00. The van der Waals surface area contributed by atoms with Crippen molar-refractivity contribution in [2.24, 2.45) is 4.99 Å². The number of carbonyl (C=O) groups is 1. The molecule has 3 aliphatic rings. The fourth-order valence-electron chi connectivity index (χ4n) is 5.79. The molecule has 0 bridgehead atoms. The van der Waals surface area contributed by atoms with Crippen LogP contribution >= 0.6 is 23.2 Å². The van der Waals surface area contributed by atoms with Crippen molar-refractivity contribution >= 4 is 47.2 Å². The molecule has 2 atom stereocenters. The van der Waals surface area contributed by atoms with Crippen LogP contribution < -0.4 is 5.32 Å². The molecule has 5 rings (SSSR count). The third-order valence-electron chi connectivity index (χ3n) is 7.18. The normalized spacial score (nSPS) is 22.9. The minimum absolute atomic E-state index is 0.0573. The molecule has 8 nitrogen and oxygen atoms in total. The Balaban J connectivity index is 1.87. The Morgan fingerprint density at radius 2 is 2.18 bits per heavy atom. The number of hydrogen-bond donors (Lipinski definition) is 2. The number of ether oxygens (including phenoxy) is 1. The predicted molar refractivity (Wildman–Crippen MR) is 150 cm³/mol. The highest BCUT2D eigenvalue weighted by Gasteiger charge is 2.63. The van der Waals surface area contributed by atoms with E-state index in [4.69, 9.17) is 33.0 Å². The lowest BCUT2D eigenvalue weighted by Crippen LogP contribution is -2.52. The van der Waals surface area contributed by atoms with Crippen LogP contribution in [0.3, 0.4) is 0 Å². The third kappa shape index (κ3) is 3.73. The summed E-state index contributed by atoms with van der Waals surface area (Å²) in [6.45, 7) is 9.31. The second-order valence-corrected chi connectivity index (χ2v) is 10.6. The van der Waals surface area contributed by atoms with Crippen LogP contribution in [-0.4, -0.2) is 45.7 Å². The van der Waals surface area contributed by atoms with Gasteiger partial charge in [0.1, 0.15) is 17.0 Å². The third-order valence-corrected chi connectivity index (χ3v) is 7.62. The maximum absolute atomic E-state index is 14.3. The SMILES string of the molecule is C=N/C=C(Cl)\C=C(/C)N1C(=O)c2nn(C3=C(OC)CCC=C3)c(C(C)C)c2[C@]12c1ccc(Cl)cc1NC2O. The Hall–Kier alpha value is -3.33. The first kappa shape index (κ1) is 26.3.